The molecular weight excluding hydrogens is 368 g/mol. The van der Waals surface area contributed by atoms with Crippen molar-refractivity contribution in [1.82, 2.24) is 4.90 Å². The van der Waals surface area contributed by atoms with Gasteiger partial charge in [-0.3, -0.25) is 4.79 Å². The molecule has 6 heteroatoms. The third-order valence-electron chi connectivity index (χ3n) is 5.50. The zero-order valence-electron chi connectivity index (χ0n) is 16.8. The van der Waals surface area contributed by atoms with Crippen molar-refractivity contribution in [2.45, 2.75) is 32.2 Å². The highest BCUT2D eigenvalue weighted by molar-refractivity contribution is 5.76. The summed E-state index contributed by atoms with van der Waals surface area (Å²) in [5.74, 6) is 0.579. The fourth-order valence-corrected chi connectivity index (χ4v) is 3.70. The van der Waals surface area contributed by atoms with Crippen LogP contribution in [0.4, 0.5) is 0 Å². The number of aliphatic carboxylic acids is 1. The Morgan fingerprint density at radius 2 is 1.62 bits per heavy atom. The highest BCUT2D eigenvalue weighted by Crippen LogP contribution is 2.22. The molecule has 1 fully saturated rings. The Morgan fingerprint density at radius 1 is 1.00 bits per heavy atom. The van der Waals surface area contributed by atoms with Crippen LogP contribution in [0.3, 0.4) is 0 Å². The lowest BCUT2D eigenvalue weighted by Gasteiger charge is -2.35. The van der Waals surface area contributed by atoms with Gasteiger partial charge in [-0.05, 0) is 56.2 Å². The van der Waals surface area contributed by atoms with E-state index in [-0.39, 0.29) is 18.7 Å². The number of carboxylic acids is 1. The SMILES string of the molecule is C[C@@H](c1ccc(Oc2ccccc2)cc1)[NH+]1CCN(C(=O)CCCC(=O)[O-])CC1. The minimum absolute atomic E-state index is 0.0420. The normalized spacial score (nSPS) is 15.7. The summed E-state index contributed by atoms with van der Waals surface area (Å²) in [6.07, 6.45) is 0.571. The van der Waals surface area contributed by atoms with Crippen molar-refractivity contribution in [3.63, 3.8) is 0 Å². The van der Waals surface area contributed by atoms with Crippen molar-refractivity contribution in [2.24, 2.45) is 0 Å². The Morgan fingerprint density at radius 3 is 2.24 bits per heavy atom. The molecule has 1 aliphatic heterocycles. The van der Waals surface area contributed by atoms with Crippen LogP contribution in [0.2, 0.25) is 0 Å². The number of rotatable bonds is 8. The number of ether oxygens (including phenoxy) is 1. The Bertz CT molecular complexity index is 799. The monoisotopic (exact) mass is 396 g/mol. The molecule has 0 bridgehead atoms. The van der Waals surface area contributed by atoms with Gasteiger partial charge in [0.2, 0.25) is 5.91 Å². The molecule has 1 N–H and O–H groups in total. The predicted molar refractivity (Wildman–Crippen MR) is 108 cm³/mol. The molecule has 1 amide bonds. The average Bonchev–Trinajstić information content (AvgIpc) is 2.74. The second kappa shape index (κ2) is 10.1. The van der Waals surface area contributed by atoms with Gasteiger partial charge in [0.15, 0.2) is 0 Å². The largest absolute Gasteiger partial charge is 0.550 e. The smallest absolute Gasteiger partial charge is 0.222 e. The lowest BCUT2D eigenvalue weighted by Crippen LogP contribution is -3.14. The van der Waals surface area contributed by atoms with Crippen molar-refractivity contribution in [3.05, 3.63) is 60.2 Å². The van der Waals surface area contributed by atoms with Gasteiger partial charge in [-0.1, -0.05) is 18.2 Å². The molecule has 1 heterocycles. The van der Waals surface area contributed by atoms with E-state index in [0.717, 1.165) is 24.6 Å². The Labute approximate surface area is 171 Å². The van der Waals surface area contributed by atoms with Crippen LogP contribution in [0.25, 0.3) is 0 Å². The van der Waals surface area contributed by atoms with Crippen LogP contribution in [0, 0.1) is 0 Å². The van der Waals surface area contributed by atoms with Gasteiger partial charge in [0, 0.05) is 18.0 Å². The third-order valence-corrected chi connectivity index (χ3v) is 5.50. The summed E-state index contributed by atoms with van der Waals surface area (Å²) in [4.78, 5) is 26.0. The second-order valence-corrected chi connectivity index (χ2v) is 7.47. The van der Waals surface area contributed by atoms with E-state index in [1.165, 1.54) is 10.5 Å². The van der Waals surface area contributed by atoms with Gasteiger partial charge in [0.25, 0.3) is 0 Å². The fraction of sp³-hybridized carbons (Fsp3) is 0.391. The first-order valence-corrected chi connectivity index (χ1v) is 10.2. The van der Waals surface area contributed by atoms with Crippen LogP contribution < -0.4 is 14.7 Å². The predicted octanol–water partition coefficient (Wildman–Crippen LogP) is 1.19. The van der Waals surface area contributed by atoms with Crippen LogP contribution in [0.15, 0.2) is 54.6 Å². The number of nitrogens with zero attached hydrogens (tertiary/aromatic N) is 1. The van der Waals surface area contributed by atoms with Gasteiger partial charge in [-0.2, -0.15) is 0 Å². The van der Waals surface area contributed by atoms with Gasteiger partial charge in [0.05, 0.1) is 26.2 Å². The number of hydrogen-bond donors (Lipinski definition) is 1. The second-order valence-electron chi connectivity index (χ2n) is 7.47. The van der Waals surface area contributed by atoms with Crippen molar-refractivity contribution >= 4 is 11.9 Å². The van der Waals surface area contributed by atoms with E-state index in [2.05, 4.69) is 19.1 Å². The molecule has 154 valence electrons. The van der Waals surface area contributed by atoms with Crippen molar-refractivity contribution in [3.8, 4) is 11.5 Å². The minimum atomic E-state index is -1.10. The minimum Gasteiger partial charge on any atom is -0.550 e. The molecule has 0 unspecified atom stereocenters. The first kappa shape index (κ1) is 20.9. The number of carbonyl (C=O) groups is 2. The molecule has 1 saturated heterocycles. The van der Waals surface area contributed by atoms with Crippen molar-refractivity contribution < 1.29 is 24.3 Å². The zero-order valence-corrected chi connectivity index (χ0v) is 16.8. The molecule has 0 saturated carbocycles. The topological polar surface area (TPSA) is 74.1 Å². The molecule has 1 aliphatic rings. The highest BCUT2D eigenvalue weighted by Gasteiger charge is 2.27. The number of carbonyl (C=O) groups excluding carboxylic acids is 2. The van der Waals surface area contributed by atoms with Gasteiger partial charge < -0.3 is 24.4 Å². The maximum atomic E-state index is 12.2. The van der Waals surface area contributed by atoms with Crippen molar-refractivity contribution in [2.75, 3.05) is 26.2 Å². The Hall–Kier alpha value is -2.86. The van der Waals surface area contributed by atoms with Gasteiger partial charge in [-0.25, -0.2) is 0 Å². The van der Waals surface area contributed by atoms with Crippen molar-refractivity contribution in [1.29, 1.82) is 0 Å². The molecule has 3 rings (SSSR count). The van der Waals surface area contributed by atoms with E-state index >= 15 is 0 Å². The standard InChI is InChI=1S/C23H28N2O4/c1-18(19-10-12-21(13-11-19)29-20-6-3-2-4-7-20)24-14-16-25(17-15-24)22(26)8-5-9-23(27)28/h2-4,6-7,10-13,18H,5,8-9,14-17H2,1H3,(H,27,28)/t18-/m0/s1. The number of piperazine rings is 1. The molecule has 1 atom stereocenters. The molecule has 0 spiro atoms. The zero-order chi connectivity index (χ0) is 20.6. The lowest BCUT2D eigenvalue weighted by molar-refractivity contribution is -0.933. The summed E-state index contributed by atoms with van der Waals surface area (Å²) in [6.45, 7) is 5.39. The quantitative estimate of drug-likeness (QED) is 0.727. The summed E-state index contributed by atoms with van der Waals surface area (Å²) < 4.78 is 5.85. The van der Waals surface area contributed by atoms with E-state index < -0.39 is 5.97 Å². The Balaban J connectivity index is 1.48. The number of hydrogen-bond acceptors (Lipinski definition) is 4. The molecule has 2 aromatic rings. The summed E-state index contributed by atoms with van der Waals surface area (Å²) in [5.41, 5.74) is 1.24. The number of nitrogens with one attached hydrogen (secondary N) is 1. The average molecular weight is 396 g/mol. The number of para-hydroxylation sites is 1. The molecule has 2 aromatic carbocycles. The van der Waals surface area contributed by atoms with E-state index in [9.17, 15) is 14.7 Å². The Kier molecular flexibility index (Phi) is 7.25. The number of benzene rings is 2. The van der Waals surface area contributed by atoms with Crippen LogP contribution in [0.1, 0.15) is 37.8 Å². The molecule has 29 heavy (non-hydrogen) atoms. The molecular formula is C23H28N2O4. The third kappa shape index (κ3) is 6.06. The molecule has 0 aromatic heterocycles. The maximum absolute atomic E-state index is 12.2. The van der Waals surface area contributed by atoms with Gasteiger partial charge >= 0.3 is 0 Å². The highest BCUT2D eigenvalue weighted by atomic mass is 16.5. The van der Waals surface area contributed by atoms with Gasteiger partial charge in [-0.15, -0.1) is 0 Å². The first-order chi connectivity index (χ1) is 14.0. The maximum Gasteiger partial charge on any atom is 0.222 e. The van der Waals surface area contributed by atoms with Crippen LogP contribution in [-0.4, -0.2) is 43.0 Å². The summed E-state index contributed by atoms with van der Waals surface area (Å²) >= 11 is 0. The number of amides is 1. The van der Waals surface area contributed by atoms with Crippen LogP contribution >= 0.6 is 0 Å². The van der Waals surface area contributed by atoms with Gasteiger partial charge in [0.1, 0.15) is 17.5 Å². The fourth-order valence-electron chi connectivity index (χ4n) is 3.70. The van der Waals surface area contributed by atoms with E-state index in [4.69, 9.17) is 4.74 Å². The lowest BCUT2D eigenvalue weighted by atomic mass is 10.1. The molecule has 6 nitrogen and oxygen atoms in total. The summed E-state index contributed by atoms with van der Waals surface area (Å²) in [7, 11) is 0. The van der Waals surface area contributed by atoms with Crippen LogP contribution in [0.5, 0.6) is 11.5 Å². The van der Waals surface area contributed by atoms with Crippen LogP contribution in [-0.2, 0) is 9.59 Å². The summed E-state index contributed by atoms with van der Waals surface area (Å²) in [5, 5.41) is 10.5. The molecule has 0 aliphatic carbocycles. The van der Waals surface area contributed by atoms with E-state index in [1.807, 2.05) is 47.4 Å². The summed E-state index contributed by atoms with van der Waals surface area (Å²) in [6, 6.07) is 18.2. The first-order valence-electron chi connectivity index (χ1n) is 10.2. The number of quaternary nitrogens is 1. The number of carboxylic acid groups (broad SMARTS) is 1. The van der Waals surface area contributed by atoms with E-state index in [0.29, 0.717) is 25.6 Å². The van der Waals surface area contributed by atoms with E-state index in [1.54, 1.807) is 0 Å². The molecule has 0 radical (unpaired) electrons.